The maximum atomic E-state index is 12.9. The number of anilines is 1. The second-order valence-electron chi connectivity index (χ2n) is 7.45. The van der Waals surface area contributed by atoms with Gasteiger partial charge in [0.25, 0.3) is 5.91 Å². The van der Waals surface area contributed by atoms with Crippen LogP contribution in [0.5, 0.6) is 17.2 Å². The molecule has 1 aromatic heterocycles. The molecular weight excluding hydrogens is 535 g/mol. The molecule has 4 rings (SSSR count). The van der Waals surface area contributed by atoms with Crippen LogP contribution in [0.2, 0.25) is 0 Å². The van der Waals surface area contributed by atoms with Crippen molar-refractivity contribution in [2.24, 2.45) is 0 Å². The van der Waals surface area contributed by atoms with Crippen LogP contribution in [0.4, 0.5) is 5.82 Å². The average Bonchev–Trinajstić information content (AvgIpc) is 2.87. The van der Waals surface area contributed by atoms with E-state index in [2.05, 4.69) is 37.7 Å². The van der Waals surface area contributed by atoms with Crippen LogP contribution in [0.25, 0.3) is 11.3 Å². The molecular formula is C24H25IN4O4. The third kappa shape index (κ3) is 4.82. The largest absolute Gasteiger partial charge is 0.493 e. The zero-order chi connectivity index (χ0) is 23.4. The van der Waals surface area contributed by atoms with Gasteiger partial charge in [0, 0.05) is 35.3 Å². The first-order valence-corrected chi connectivity index (χ1v) is 11.6. The molecule has 172 valence electrons. The molecule has 0 atom stereocenters. The minimum absolute atomic E-state index is 0.0727. The Kier molecular flexibility index (Phi) is 7.17. The van der Waals surface area contributed by atoms with Crippen LogP contribution in [-0.4, -0.2) is 68.5 Å². The molecule has 1 saturated heterocycles. The lowest BCUT2D eigenvalue weighted by Crippen LogP contribution is -2.49. The van der Waals surface area contributed by atoms with E-state index in [1.807, 2.05) is 53.4 Å². The molecule has 3 aromatic rings. The number of carbonyl (C=O) groups excluding carboxylic acids is 1. The summed E-state index contributed by atoms with van der Waals surface area (Å²) in [6.45, 7) is 2.68. The Labute approximate surface area is 206 Å². The lowest BCUT2D eigenvalue weighted by molar-refractivity contribution is 0.0745. The molecule has 1 aliphatic heterocycles. The number of amides is 1. The van der Waals surface area contributed by atoms with E-state index in [1.165, 1.54) is 0 Å². The zero-order valence-corrected chi connectivity index (χ0v) is 20.9. The summed E-state index contributed by atoms with van der Waals surface area (Å²) in [6, 6.07) is 15.2. The monoisotopic (exact) mass is 560 g/mol. The number of hydrogen-bond acceptors (Lipinski definition) is 7. The molecule has 1 fully saturated rings. The molecule has 2 aromatic carbocycles. The summed E-state index contributed by atoms with van der Waals surface area (Å²) < 4.78 is 17.2. The van der Waals surface area contributed by atoms with Crippen LogP contribution in [0, 0.1) is 3.57 Å². The number of halogens is 1. The van der Waals surface area contributed by atoms with Gasteiger partial charge in [-0.25, -0.2) is 0 Å². The maximum Gasteiger partial charge on any atom is 0.255 e. The number of aromatic nitrogens is 2. The Hall–Kier alpha value is -3.08. The van der Waals surface area contributed by atoms with Gasteiger partial charge in [-0.15, -0.1) is 10.2 Å². The summed E-state index contributed by atoms with van der Waals surface area (Å²) in [5.41, 5.74) is 2.27. The van der Waals surface area contributed by atoms with Crippen LogP contribution in [0.1, 0.15) is 10.4 Å². The molecule has 0 radical (unpaired) electrons. The number of hydrogen-bond donors (Lipinski definition) is 0. The van der Waals surface area contributed by atoms with Gasteiger partial charge in [-0.1, -0.05) is 12.1 Å². The van der Waals surface area contributed by atoms with Crippen molar-refractivity contribution >= 4 is 34.3 Å². The molecule has 0 spiro atoms. The fourth-order valence-corrected chi connectivity index (χ4v) is 4.44. The molecule has 0 bridgehead atoms. The molecule has 8 nitrogen and oxygen atoms in total. The van der Waals surface area contributed by atoms with E-state index in [9.17, 15) is 4.79 Å². The van der Waals surface area contributed by atoms with Gasteiger partial charge in [0.05, 0.1) is 32.6 Å². The second-order valence-corrected chi connectivity index (χ2v) is 8.61. The summed E-state index contributed by atoms with van der Waals surface area (Å²) in [4.78, 5) is 16.9. The van der Waals surface area contributed by atoms with Gasteiger partial charge < -0.3 is 24.0 Å². The summed E-state index contributed by atoms with van der Waals surface area (Å²) >= 11 is 2.21. The van der Waals surface area contributed by atoms with Crippen molar-refractivity contribution in [3.05, 3.63) is 57.7 Å². The minimum atomic E-state index is 0.0727. The van der Waals surface area contributed by atoms with Crippen molar-refractivity contribution in [3.63, 3.8) is 0 Å². The van der Waals surface area contributed by atoms with Gasteiger partial charge in [-0.2, -0.15) is 0 Å². The maximum absolute atomic E-state index is 12.9. The Bertz CT molecular complexity index is 1110. The Morgan fingerprint density at radius 1 is 0.879 bits per heavy atom. The number of carbonyl (C=O) groups is 1. The van der Waals surface area contributed by atoms with E-state index in [0.29, 0.717) is 49.1 Å². The first-order chi connectivity index (χ1) is 16.0. The highest BCUT2D eigenvalue weighted by atomic mass is 127. The molecule has 0 aliphatic carbocycles. The second kappa shape index (κ2) is 10.2. The Balaban J connectivity index is 1.46. The number of rotatable bonds is 6. The highest BCUT2D eigenvalue weighted by molar-refractivity contribution is 14.1. The van der Waals surface area contributed by atoms with E-state index in [-0.39, 0.29) is 5.91 Å². The lowest BCUT2D eigenvalue weighted by Gasteiger charge is -2.35. The smallest absolute Gasteiger partial charge is 0.255 e. The van der Waals surface area contributed by atoms with Gasteiger partial charge in [-0.3, -0.25) is 4.79 Å². The average molecular weight is 560 g/mol. The van der Waals surface area contributed by atoms with Crippen LogP contribution in [0.15, 0.2) is 48.5 Å². The van der Waals surface area contributed by atoms with Crippen LogP contribution in [-0.2, 0) is 0 Å². The number of piperazine rings is 1. The number of benzene rings is 2. The molecule has 9 heteroatoms. The third-order valence-electron chi connectivity index (χ3n) is 5.61. The van der Waals surface area contributed by atoms with E-state index >= 15 is 0 Å². The van der Waals surface area contributed by atoms with Crippen molar-refractivity contribution in [1.29, 1.82) is 0 Å². The minimum Gasteiger partial charge on any atom is -0.493 e. The van der Waals surface area contributed by atoms with Crippen LogP contribution >= 0.6 is 22.6 Å². The lowest BCUT2D eigenvalue weighted by atomic mass is 10.1. The summed E-state index contributed by atoms with van der Waals surface area (Å²) in [5, 5.41) is 8.85. The van der Waals surface area contributed by atoms with Gasteiger partial charge in [0.15, 0.2) is 17.3 Å². The predicted molar refractivity (Wildman–Crippen MR) is 134 cm³/mol. The molecule has 0 unspecified atom stereocenters. The van der Waals surface area contributed by atoms with Gasteiger partial charge in [-0.05, 0) is 59.0 Å². The highest BCUT2D eigenvalue weighted by Gasteiger charge is 2.24. The van der Waals surface area contributed by atoms with Crippen molar-refractivity contribution in [3.8, 4) is 28.5 Å². The molecule has 2 heterocycles. The standard InChI is InChI=1S/C24H25IN4O4/c1-31-20-14-16(15-21(32-2)23(20)33-3)19-8-9-22(27-26-19)28-10-12-29(13-11-28)24(30)17-6-4-5-7-18(17)25/h4-9,14-15H,10-13H2,1-3H3. The van der Waals surface area contributed by atoms with E-state index in [0.717, 1.165) is 20.5 Å². The third-order valence-corrected chi connectivity index (χ3v) is 6.55. The fraction of sp³-hybridized carbons (Fsp3) is 0.292. The molecule has 1 amide bonds. The molecule has 0 N–H and O–H groups in total. The van der Waals surface area contributed by atoms with E-state index < -0.39 is 0 Å². The number of ether oxygens (including phenoxy) is 3. The van der Waals surface area contributed by atoms with Gasteiger partial charge >= 0.3 is 0 Å². The van der Waals surface area contributed by atoms with Gasteiger partial charge in [0.1, 0.15) is 0 Å². The Morgan fingerprint density at radius 2 is 1.55 bits per heavy atom. The van der Waals surface area contributed by atoms with Crippen molar-refractivity contribution in [1.82, 2.24) is 15.1 Å². The van der Waals surface area contributed by atoms with E-state index in [1.54, 1.807) is 21.3 Å². The van der Waals surface area contributed by atoms with Crippen molar-refractivity contribution < 1.29 is 19.0 Å². The fourth-order valence-electron chi connectivity index (χ4n) is 3.82. The summed E-state index contributed by atoms with van der Waals surface area (Å²) in [5.74, 6) is 2.51. The molecule has 33 heavy (non-hydrogen) atoms. The quantitative estimate of drug-likeness (QED) is 0.426. The van der Waals surface area contributed by atoms with E-state index in [4.69, 9.17) is 14.2 Å². The Morgan fingerprint density at radius 3 is 2.09 bits per heavy atom. The SMILES string of the molecule is COc1cc(-c2ccc(N3CCN(C(=O)c4ccccc4I)CC3)nn2)cc(OC)c1OC. The highest BCUT2D eigenvalue weighted by Crippen LogP contribution is 2.40. The predicted octanol–water partition coefficient (Wildman–Crippen LogP) is 3.74. The number of nitrogens with zero attached hydrogens (tertiary/aromatic N) is 4. The summed E-state index contributed by atoms with van der Waals surface area (Å²) in [6.07, 6.45) is 0. The van der Waals surface area contributed by atoms with Gasteiger partial charge in [0.2, 0.25) is 5.75 Å². The zero-order valence-electron chi connectivity index (χ0n) is 18.7. The molecule has 0 saturated carbocycles. The van der Waals surface area contributed by atoms with Crippen molar-refractivity contribution in [2.75, 3.05) is 52.4 Å². The first-order valence-electron chi connectivity index (χ1n) is 10.5. The summed E-state index contributed by atoms with van der Waals surface area (Å²) in [7, 11) is 4.74. The topological polar surface area (TPSA) is 77.0 Å². The first kappa shape index (κ1) is 23.1. The van der Waals surface area contributed by atoms with Crippen LogP contribution < -0.4 is 19.1 Å². The number of methoxy groups -OCH3 is 3. The normalized spacial score (nSPS) is 13.6. The molecule has 1 aliphatic rings. The van der Waals surface area contributed by atoms with Crippen LogP contribution in [0.3, 0.4) is 0 Å². The van der Waals surface area contributed by atoms with Crippen molar-refractivity contribution in [2.45, 2.75) is 0 Å².